The van der Waals surface area contributed by atoms with Crippen LogP contribution in [0.2, 0.25) is 0 Å². The molecule has 0 aromatic heterocycles. The molecule has 0 radical (unpaired) electrons. The molecule has 3 nitrogen and oxygen atoms in total. The third kappa shape index (κ3) is 2.73. The van der Waals surface area contributed by atoms with E-state index in [-0.39, 0.29) is 17.3 Å². The summed E-state index contributed by atoms with van der Waals surface area (Å²) in [5.41, 5.74) is 0.413. The molecule has 3 rings (SSSR count). The topological polar surface area (TPSA) is 38.7 Å². The van der Waals surface area contributed by atoms with E-state index in [1.807, 2.05) is 12.1 Å². The normalized spacial score (nSPS) is 31.9. The first kappa shape index (κ1) is 17.3. The molecule has 0 saturated heterocycles. The molecule has 1 fully saturated rings. The number of ether oxygens (including phenoxy) is 2. The van der Waals surface area contributed by atoms with E-state index >= 15 is 0 Å². The van der Waals surface area contributed by atoms with Crippen LogP contribution in [0.1, 0.15) is 57.4 Å². The summed E-state index contributed by atoms with van der Waals surface area (Å²) in [5.74, 6) is 2.22. The molecule has 24 heavy (non-hydrogen) atoms. The van der Waals surface area contributed by atoms with Crippen LogP contribution >= 0.6 is 0 Å². The first-order valence-electron chi connectivity index (χ1n) is 9.02. The van der Waals surface area contributed by atoms with Gasteiger partial charge in [0.05, 0.1) is 19.8 Å². The minimum Gasteiger partial charge on any atom is -0.497 e. The van der Waals surface area contributed by atoms with Gasteiger partial charge in [0.15, 0.2) is 0 Å². The van der Waals surface area contributed by atoms with Crippen molar-refractivity contribution in [1.29, 1.82) is 0 Å². The van der Waals surface area contributed by atoms with Crippen LogP contribution in [-0.4, -0.2) is 24.9 Å². The zero-order valence-electron chi connectivity index (χ0n) is 15.3. The number of fused-ring (bicyclic) bond motifs is 1. The van der Waals surface area contributed by atoms with Crippen molar-refractivity contribution in [3.63, 3.8) is 0 Å². The minimum absolute atomic E-state index is 0.0745. The molecule has 0 spiro atoms. The standard InChI is InChI=1S/C21H30O3/c1-20(2)12-7-9-18-16(8-5-6-13-21(18,20)22)17-14-15(23-3)10-11-19(17)24-4/h5-6,10-11,14,16,18,22H,7-9,12-13H2,1-4H3/t16-,18-,21-/m1/s1. The lowest BCUT2D eigenvalue weighted by atomic mass is 9.55. The van der Waals surface area contributed by atoms with Gasteiger partial charge in [-0.2, -0.15) is 0 Å². The Balaban J connectivity index is 2.08. The third-order valence-electron chi connectivity index (χ3n) is 6.41. The molecular formula is C21H30O3. The second-order valence-electron chi connectivity index (χ2n) is 7.93. The van der Waals surface area contributed by atoms with Crippen molar-refractivity contribution >= 4 is 0 Å². The molecule has 0 aliphatic heterocycles. The van der Waals surface area contributed by atoms with Crippen LogP contribution in [0.5, 0.6) is 11.5 Å². The SMILES string of the molecule is COc1ccc(OC)c([C@H]2CC=CC[C@@]3(O)[C@@H]2CCCC3(C)C)c1. The highest BCUT2D eigenvalue weighted by molar-refractivity contribution is 5.44. The van der Waals surface area contributed by atoms with Gasteiger partial charge in [0.1, 0.15) is 11.5 Å². The van der Waals surface area contributed by atoms with E-state index in [1.165, 1.54) is 6.42 Å². The third-order valence-corrected chi connectivity index (χ3v) is 6.41. The molecule has 1 aromatic carbocycles. The molecular weight excluding hydrogens is 300 g/mol. The van der Waals surface area contributed by atoms with Gasteiger partial charge < -0.3 is 14.6 Å². The summed E-state index contributed by atoms with van der Waals surface area (Å²) in [7, 11) is 3.41. The highest BCUT2D eigenvalue weighted by Gasteiger charge is 2.53. The zero-order chi connectivity index (χ0) is 17.4. The summed E-state index contributed by atoms with van der Waals surface area (Å²) in [6, 6.07) is 6.01. The Bertz CT molecular complexity index is 620. The Hall–Kier alpha value is -1.48. The van der Waals surface area contributed by atoms with Gasteiger partial charge in [-0.1, -0.05) is 32.4 Å². The fourth-order valence-corrected chi connectivity index (χ4v) is 4.83. The van der Waals surface area contributed by atoms with E-state index in [4.69, 9.17) is 9.47 Å². The van der Waals surface area contributed by atoms with E-state index in [0.717, 1.165) is 42.7 Å². The lowest BCUT2D eigenvalue weighted by molar-refractivity contribution is -0.141. The molecule has 0 amide bonds. The van der Waals surface area contributed by atoms with Gasteiger partial charge in [0.2, 0.25) is 0 Å². The quantitative estimate of drug-likeness (QED) is 0.817. The van der Waals surface area contributed by atoms with E-state index < -0.39 is 5.60 Å². The fourth-order valence-electron chi connectivity index (χ4n) is 4.83. The lowest BCUT2D eigenvalue weighted by Crippen LogP contribution is -2.54. The Morgan fingerprint density at radius 1 is 1.12 bits per heavy atom. The molecule has 132 valence electrons. The van der Waals surface area contributed by atoms with Crippen molar-refractivity contribution in [2.24, 2.45) is 11.3 Å². The number of allylic oxidation sites excluding steroid dienone is 1. The number of methoxy groups -OCH3 is 2. The molecule has 3 heteroatoms. The van der Waals surface area contributed by atoms with Gasteiger partial charge >= 0.3 is 0 Å². The molecule has 0 heterocycles. The molecule has 0 unspecified atom stereocenters. The average molecular weight is 330 g/mol. The van der Waals surface area contributed by atoms with Gasteiger partial charge in [-0.05, 0) is 61.1 Å². The van der Waals surface area contributed by atoms with Crippen LogP contribution in [-0.2, 0) is 0 Å². The zero-order valence-corrected chi connectivity index (χ0v) is 15.3. The number of hydrogen-bond acceptors (Lipinski definition) is 3. The van der Waals surface area contributed by atoms with Crippen molar-refractivity contribution in [3.05, 3.63) is 35.9 Å². The summed E-state index contributed by atoms with van der Waals surface area (Å²) in [6.07, 6.45) is 9.40. The maximum atomic E-state index is 11.7. The first-order chi connectivity index (χ1) is 11.4. The smallest absolute Gasteiger partial charge is 0.122 e. The minimum atomic E-state index is -0.670. The lowest BCUT2D eigenvalue weighted by Gasteiger charge is -2.53. The Morgan fingerprint density at radius 2 is 1.92 bits per heavy atom. The molecule has 1 aromatic rings. The number of rotatable bonds is 3. The summed E-state index contributed by atoms with van der Waals surface area (Å²) < 4.78 is 11.1. The first-order valence-corrected chi connectivity index (χ1v) is 9.02. The molecule has 1 saturated carbocycles. The second kappa shape index (κ2) is 6.44. The van der Waals surface area contributed by atoms with E-state index in [9.17, 15) is 5.11 Å². The van der Waals surface area contributed by atoms with E-state index in [0.29, 0.717) is 0 Å². The Labute approximate surface area is 145 Å². The van der Waals surface area contributed by atoms with Crippen LogP contribution in [0.15, 0.2) is 30.4 Å². The highest BCUT2D eigenvalue weighted by Crippen LogP contribution is 2.56. The maximum Gasteiger partial charge on any atom is 0.122 e. The van der Waals surface area contributed by atoms with Crippen LogP contribution in [0, 0.1) is 11.3 Å². The second-order valence-corrected chi connectivity index (χ2v) is 7.93. The van der Waals surface area contributed by atoms with Crippen LogP contribution in [0.25, 0.3) is 0 Å². The summed E-state index contributed by atoms with van der Waals surface area (Å²) >= 11 is 0. The van der Waals surface area contributed by atoms with E-state index in [1.54, 1.807) is 14.2 Å². The molecule has 0 bridgehead atoms. The van der Waals surface area contributed by atoms with Gasteiger partial charge in [0.25, 0.3) is 0 Å². The number of hydrogen-bond donors (Lipinski definition) is 1. The maximum absolute atomic E-state index is 11.7. The number of benzene rings is 1. The van der Waals surface area contributed by atoms with Crippen LogP contribution < -0.4 is 9.47 Å². The summed E-state index contributed by atoms with van der Waals surface area (Å²) in [6.45, 7) is 4.44. The van der Waals surface area contributed by atoms with Gasteiger partial charge in [-0.3, -0.25) is 0 Å². The monoisotopic (exact) mass is 330 g/mol. The largest absolute Gasteiger partial charge is 0.497 e. The van der Waals surface area contributed by atoms with Crippen LogP contribution in [0.4, 0.5) is 0 Å². The van der Waals surface area contributed by atoms with Crippen molar-refractivity contribution in [2.45, 2.75) is 57.5 Å². The summed E-state index contributed by atoms with van der Waals surface area (Å²) in [5, 5.41) is 11.7. The van der Waals surface area contributed by atoms with Gasteiger partial charge in [-0.15, -0.1) is 0 Å². The van der Waals surface area contributed by atoms with Crippen molar-refractivity contribution < 1.29 is 14.6 Å². The van der Waals surface area contributed by atoms with Gasteiger partial charge in [-0.25, -0.2) is 0 Å². The molecule has 1 N–H and O–H groups in total. The molecule has 2 aliphatic carbocycles. The molecule has 3 atom stereocenters. The Kier molecular flexibility index (Phi) is 4.65. The van der Waals surface area contributed by atoms with Gasteiger partial charge in [0, 0.05) is 5.56 Å². The van der Waals surface area contributed by atoms with Crippen molar-refractivity contribution in [3.8, 4) is 11.5 Å². The van der Waals surface area contributed by atoms with Crippen LogP contribution in [0.3, 0.4) is 0 Å². The number of aliphatic hydroxyl groups is 1. The predicted molar refractivity (Wildman–Crippen MR) is 96.7 cm³/mol. The predicted octanol–water partition coefficient (Wildman–Crippen LogP) is 4.69. The average Bonchev–Trinajstić information content (AvgIpc) is 2.75. The van der Waals surface area contributed by atoms with Crippen molar-refractivity contribution in [2.75, 3.05) is 14.2 Å². The molecule has 2 aliphatic rings. The van der Waals surface area contributed by atoms with E-state index in [2.05, 4.69) is 32.1 Å². The summed E-state index contributed by atoms with van der Waals surface area (Å²) in [4.78, 5) is 0. The van der Waals surface area contributed by atoms with Crippen molar-refractivity contribution in [1.82, 2.24) is 0 Å². The highest BCUT2D eigenvalue weighted by atomic mass is 16.5. The fraction of sp³-hybridized carbons (Fsp3) is 0.619. The Morgan fingerprint density at radius 3 is 2.62 bits per heavy atom.